The largest absolute Gasteiger partial charge is 0.416 e. The van der Waals surface area contributed by atoms with E-state index >= 15 is 0 Å². The van der Waals surface area contributed by atoms with E-state index in [1.165, 1.54) is 17.3 Å². The third-order valence-electron chi connectivity index (χ3n) is 2.66. The van der Waals surface area contributed by atoms with Crippen LogP contribution in [0.5, 0.6) is 0 Å². The number of rotatable bonds is 5. The molecule has 0 aliphatic heterocycles. The van der Waals surface area contributed by atoms with Gasteiger partial charge >= 0.3 is 0 Å². The molecule has 0 amide bonds. The van der Waals surface area contributed by atoms with Gasteiger partial charge in [-0.3, -0.25) is 0 Å². The highest BCUT2D eigenvalue weighted by atomic mass is 79.9. The summed E-state index contributed by atoms with van der Waals surface area (Å²) in [5, 5.41) is 11.8. The lowest BCUT2D eigenvalue weighted by Crippen LogP contribution is -2.17. The molecule has 1 N–H and O–H groups in total. The van der Waals surface area contributed by atoms with E-state index in [4.69, 9.17) is 4.42 Å². The Bertz CT molecular complexity index is 559. The average molecular weight is 342 g/mol. The van der Waals surface area contributed by atoms with E-state index < -0.39 is 0 Å². The SMILES string of the molecule is CCNC(C)c1ccc(Sc2nnc(C)o2)cc1Br. The summed E-state index contributed by atoms with van der Waals surface area (Å²) >= 11 is 5.08. The van der Waals surface area contributed by atoms with Crippen LogP contribution in [-0.4, -0.2) is 16.7 Å². The van der Waals surface area contributed by atoms with Gasteiger partial charge in [-0.2, -0.15) is 0 Å². The highest BCUT2D eigenvalue weighted by molar-refractivity contribution is 9.10. The molecule has 1 atom stereocenters. The van der Waals surface area contributed by atoms with Crippen LogP contribution in [0.4, 0.5) is 0 Å². The molecule has 0 saturated carbocycles. The average Bonchev–Trinajstić information content (AvgIpc) is 2.75. The molecule has 0 spiro atoms. The maximum atomic E-state index is 5.36. The van der Waals surface area contributed by atoms with E-state index in [0.717, 1.165) is 15.9 Å². The molecule has 2 rings (SSSR count). The number of aryl methyl sites for hydroxylation is 1. The molecule has 1 heterocycles. The Balaban J connectivity index is 2.14. The Kier molecular flexibility index (Phi) is 5.01. The fourth-order valence-electron chi connectivity index (χ4n) is 1.76. The maximum Gasteiger partial charge on any atom is 0.281 e. The second-order valence-electron chi connectivity index (χ2n) is 4.15. The van der Waals surface area contributed by atoms with Crippen molar-refractivity contribution >= 4 is 27.7 Å². The summed E-state index contributed by atoms with van der Waals surface area (Å²) in [6.45, 7) is 6.99. The lowest BCUT2D eigenvalue weighted by Gasteiger charge is -2.15. The van der Waals surface area contributed by atoms with Crippen LogP contribution >= 0.6 is 27.7 Å². The number of hydrogen-bond donors (Lipinski definition) is 1. The highest BCUT2D eigenvalue weighted by Crippen LogP contribution is 2.32. The van der Waals surface area contributed by atoms with Gasteiger partial charge in [0.05, 0.1) is 0 Å². The number of aromatic nitrogens is 2. The standard InChI is InChI=1S/C13H16BrN3OS/c1-4-15-8(2)11-6-5-10(7-12(11)14)19-13-17-16-9(3)18-13/h5-8,15H,4H2,1-3H3. The Morgan fingerprint density at radius 2 is 2.21 bits per heavy atom. The van der Waals surface area contributed by atoms with Crippen LogP contribution in [0.2, 0.25) is 0 Å². The zero-order chi connectivity index (χ0) is 13.8. The van der Waals surface area contributed by atoms with Crippen molar-refractivity contribution in [1.29, 1.82) is 0 Å². The second-order valence-corrected chi connectivity index (χ2v) is 6.03. The molecule has 0 saturated heterocycles. The molecule has 0 bridgehead atoms. The number of benzene rings is 1. The monoisotopic (exact) mass is 341 g/mol. The number of nitrogens with zero attached hydrogens (tertiary/aromatic N) is 2. The molecule has 0 radical (unpaired) electrons. The second kappa shape index (κ2) is 6.54. The molecular weight excluding hydrogens is 326 g/mol. The van der Waals surface area contributed by atoms with Crippen molar-refractivity contribution in [3.05, 3.63) is 34.1 Å². The Hall–Kier alpha value is -0.850. The highest BCUT2D eigenvalue weighted by Gasteiger charge is 2.11. The first-order valence-electron chi connectivity index (χ1n) is 6.11. The number of hydrogen-bond acceptors (Lipinski definition) is 5. The van der Waals surface area contributed by atoms with Gasteiger partial charge in [0.1, 0.15) is 0 Å². The van der Waals surface area contributed by atoms with Gasteiger partial charge < -0.3 is 9.73 Å². The first kappa shape index (κ1) is 14.6. The summed E-state index contributed by atoms with van der Waals surface area (Å²) in [5.74, 6) is 0.582. The van der Waals surface area contributed by atoms with Crippen molar-refractivity contribution in [2.75, 3.05) is 6.54 Å². The molecule has 6 heteroatoms. The van der Waals surface area contributed by atoms with Gasteiger partial charge in [-0.1, -0.05) is 28.9 Å². The van der Waals surface area contributed by atoms with E-state index in [1.54, 1.807) is 6.92 Å². The van der Waals surface area contributed by atoms with Crippen LogP contribution in [-0.2, 0) is 0 Å². The van der Waals surface area contributed by atoms with Gasteiger partial charge in [0, 0.05) is 22.3 Å². The van der Waals surface area contributed by atoms with Crippen LogP contribution in [0.1, 0.15) is 31.3 Å². The van der Waals surface area contributed by atoms with Crippen molar-refractivity contribution in [3.8, 4) is 0 Å². The summed E-state index contributed by atoms with van der Waals surface area (Å²) in [7, 11) is 0. The van der Waals surface area contributed by atoms with Crippen LogP contribution in [0.25, 0.3) is 0 Å². The van der Waals surface area contributed by atoms with Crippen molar-refractivity contribution in [1.82, 2.24) is 15.5 Å². The predicted octanol–water partition coefficient (Wildman–Crippen LogP) is 3.96. The van der Waals surface area contributed by atoms with E-state index in [-0.39, 0.29) is 0 Å². The zero-order valence-corrected chi connectivity index (χ0v) is 13.5. The van der Waals surface area contributed by atoms with E-state index in [0.29, 0.717) is 17.2 Å². The maximum absolute atomic E-state index is 5.36. The first-order chi connectivity index (χ1) is 9.10. The smallest absolute Gasteiger partial charge is 0.281 e. The third kappa shape index (κ3) is 3.81. The minimum absolute atomic E-state index is 0.323. The van der Waals surface area contributed by atoms with Gasteiger partial charge in [-0.25, -0.2) is 0 Å². The topological polar surface area (TPSA) is 51.0 Å². The van der Waals surface area contributed by atoms with Gasteiger partial charge in [-0.15, -0.1) is 10.2 Å². The minimum atomic E-state index is 0.323. The number of halogens is 1. The zero-order valence-electron chi connectivity index (χ0n) is 11.1. The molecule has 1 aromatic carbocycles. The summed E-state index contributed by atoms with van der Waals surface area (Å²) in [6, 6.07) is 6.58. The van der Waals surface area contributed by atoms with Gasteiger partial charge in [0.2, 0.25) is 5.89 Å². The molecule has 4 nitrogen and oxygen atoms in total. The summed E-state index contributed by atoms with van der Waals surface area (Å²) in [5.41, 5.74) is 1.24. The lowest BCUT2D eigenvalue weighted by molar-refractivity contribution is 0.429. The third-order valence-corrected chi connectivity index (χ3v) is 4.18. The van der Waals surface area contributed by atoms with E-state index in [2.05, 4.69) is 63.5 Å². The van der Waals surface area contributed by atoms with Crippen molar-refractivity contribution in [2.45, 2.75) is 36.9 Å². The van der Waals surface area contributed by atoms with Crippen molar-refractivity contribution in [3.63, 3.8) is 0 Å². The summed E-state index contributed by atoms with van der Waals surface area (Å²) in [6.07, 6.45) is 0. The Labute approximate surface area is 125 Å². The van der Waals surface area contributed by atoms with Crippen LogP contribution in [0.15, 0.2) is 37.2 Å². The molecule has 2 aromatic rings. The molecule has 102 valence electrons. The van der Waals surface area contributed by atoms with Gasteiger partial charge in [0.25, 0.3) is 5.22 Å². The molecule has 0 fully saturated rings. The summed E-state index contributed by atoms with van der Waals surface area (Å²) < 4.78 is 6.44. The van der Waals surface area contributed by atoms with Crippen molar-refractivity contribution in [2.24, 2.45) is 0 Å². The first-order valence-corrected chi connectivity index (χ1v) is 7.72. The van der Waals surface area contributed by atoms with Crippen LogP contribution in [0.3, 0.4) is 0 Å². The molecule has 0 aliphatic carbocycles. The minimum Gasteiger partial charge on any atom is -0.416 e. The van der Waals surface area contributed by atoms with Crippen molar-refractivity contribution < 1.29 is 4.42 Å². The quantitative estimate of drug-likeness (QED) is 0.891. The normalized spacial score (nSPS) is 12.6. The van der Waals surface area contributed by atoms with Crippen LogP contribution < -0.4 is 5.32 Å². The van der Waals surface area contributed by atoms with E-state index in [9.17, 15) is 0 Å². The van der Waals surface area contributed by atoms with E-state index in [1.807, 2.05) is 0 Å². The molecule has 1 unspecified atom stereocenters. The lowest BCUT2D eigenvalue weighted by atomic mass is 10.1. The molecule has 1 aromatic heterocycles. The Morgan fingerprint density at radius 3 is 2.79 bits per heavy atom. The fraction of sp³-hybridized carbons (Fsp3) is 0.385. The van der Waals surface area contributed by atoms with Gasteiger partial charge in [0.15, 0.2) is 0 Å². The molecule has 19 heavy (non-hydrogen) atoms. The fourth-order valence-corrected chi connectivity index (χ4v) is 3.39. The van der Waals surface area contributed by atoms with Crippen LogP contribution in [0, 0.1) is 6.92 Å². The predicted molar refractivity (Wildman–Crippen MR) is 79.4 cm³/mol. The number of nitrogens with one attached hydrogen (secondary N) is 1. The molecular formula is C13H16BrN3OS. The van der Waals surface area contributed by atoms with Gasteiger partial charge in [-0.05, 0) is 42.9 Å². The summed E-state index contributed by atoms with van der Waals surface area (Å²) in [4.78, 5) is 1.07. The molecule has 0 aliphatic rings. The Morgan fingerprint density at radius 1 is 1.42 bits per heavy atom.